The van der Waals surface area contributed by atoms with Gasteiger partial charge in [0, 0.05) is 0 Å². The number of nitrogens with zero attached hydrogens (tertiary/aromatic N) is 1. The highest BCUT2D eigenvalue weighted by atomic mass is 32.2. The van der Waals surface area contributed by atoms with Crippen molar-refractivity contribution < 1.29 is 0 Å². The molecule has 0 spiro atoms. The second-order valence-electron chi connectivity index (χ2n) is 0.992. The zero-order valence-electron chi connectivity index (χ0n) is 4.42. The molecule has 0 aliphatic carbocycles. The van der Waals surface area contributed by atoms with Gasteiger partial charge in [-0.25, -0.2) is 0 Å². The van der Waals surface area contributed by atoms with Crippen LogP contribution in [0.5, 0.6) is 0 Å². The molecular formula is C3H7N3S2. The fraction of sp³-hybridized carbons (Fsp3) is 0.333. The van der Waals surface area contributed by atoms with Crippen molar-refractivity contribution in [1.29, 1.82) is 0 Å². The smallest absolute Gasteiger partial charge is 0.192 e. The van der Waals surface area contributed by atoms with Crippen LogP contribution in [0.3, 0.4) is 0 Å². The van der Waals surface area contributed by atoms with Gasteiger partial charge < -0.3 is 11.5 Å². The van der Waals surface area contributed by atoms with Crippen molar-refractivity contribution in [2.75, 3.05) is 6.26 Å². The van der Waals surface area contributed by atoms with Crippen LogP contribution in [0.25, 0.3) is 0 Å². The molecule has 0 saturated carbocycles. The lowest BCUT2D eigenvalue weighted by Crippen LogP contribution is -2.12. The number of nitrogens with two attached hydrogens (primary N) is 2. The molecule has 8 heavy (non-hydrogen) atoms. The fourth-order valence-corrected chi connectivity index (χ4v) is 0.500. The van der Waals surface area contributed by atoms with Gasteiger partial charge in [0.1, 0.15) is 0 Å². The summed E-state index contributed by atoms with van der Waals surface area (Å²) < 4.78 is 0. The molecule has 0 heterocycles. The topological polar surface area (TPSA) is 64.4 Å². The highest BCUT2D eigenvalue weighted by molar-refractivity contribution is 8.13. The molecule has 0 aliphatic rings. The highest BCUT2D eigenvalue weighted by Crippen LogP contribution is 1.89. The molecule has 0 amide bonds. The second kappa shape index (κ2) is 3.68. The van der Waals surface area contributed by atoms with E-state index in [9.17, 15) is 0 Å². The summed E-state index contributed by atoms with van der Waals surface area (Å²) in [6.07, 6.45) is 1.80. The highest BCUT2D eigenvalue weighted by Gasteiger charge is 1.85. The van der Waals surface area contributed by atoms with Gasteiger partial charge in [-0.3, -0.25) is 0 Å². The van der Waals surface area contributed by atoms with Gasteiger partial charge in [0.15, 0.2) is 10.3 Å². The molecule has 5 heteroatoms. The zero-order valence-corrected chi connectivity index (χ0v) is 6.05. The maximum atomic E-state index is 5.22. The van der Waals surface area contributed by atoms with Crippen LogP contribution in [-0.2, 0) is 0 Å². The maximum absolute atomic E-state index is 5.22. The van der Waals surface area contributed by atoms with E-state index in [2.05, 4.69) is 17.2 Å². The van der Waals surface area contributed by atoms with Crippen molar-refractivity contribution in [2.45, 2.75) is 0 Å². The predicted molar refractivity (Wildman–Crippen MR) is 41.9 cm³/mol. The normalized spacial score (nSPS) is 11.4. The van der Waals surface area contributed by atoms with Crippen molar-refractivity contribution in [1.82, 2.24) is 0 Å². The molecule has 0 aromatic rings. The number of thiocarbonyl (C=S) groups is 1. The van der Waals surface area contributed by atoms with Crippen molar-refractivity contribution in [3.63, 3.8) is 0 Å². The molecule has 0 atom stereocenters. The van der Waals surface area contributed by atoms with Crippen LogP contribution in [0.4, 0.5) is 0 Å². The molecule has 0 rings (SSSR count). The minimum Gasteiger partial charge on any atom is -0.378 e. The Morgan fingerprint density at radius 1 is 1.62 bits per heavy atom. The summed E-state index contributed by atoms with van der Waals surface area (Å²) >= 11 is 5.75. The molecule has 4 N–H and O–H groups in total. The van der Waals surface area contributed by atoms with Gasteiger partial charge in [0.2, 0.25) is 0 Å². The Labute approximate surface area is 57.5 Å². The summed E-state index contributed by atoms with van der Waals surface area (Å²) in [5.74, 6) is 0. The number of aliphatic imine (C=N–C) groups is 1. The monoisotopic (exact) mass is 149 g/mol. The molecule has 0 aromatic carbocycles. The first-order valence-electron chi connectivity index (χ1n) is 1.84. The first-order chi connectivity index (χ1) is 3.66. The molecule has 0 aliphatic heterocycles. The van der Waals surface area contributed by atoms with Crippen LogP contribution in [0, 0.1) is 0 Å². The van der Waals surface area contributed by atoms with Crippen molar-refractivity contribution in [3.05, 3.63) is 0 Å². The standard InChI is InChI=1S/C3H7N3S2/c1-8-3(5)6-2(4)7/h1H3,(H4,4,5,6,7). The lowest BCUT2D eigenvalue weighted by Gasteiger charge is -1.89. The number of hydrogen-bond donors (Lipinski definition) is 2. The Hall–Kier alpha value is -0.290. The minimum atomic E-state index is 0.0804. The molecule has 0 fully saturated rings. The number of rotatable bonds is 0. The molecule has 3 nitrogen and oxygen atoms in total. The van der Waals surface area contributed by atoms with E-state index in [4.69, 9.17) is 11.5 Å². The average Bonchev–Trinajstić information content (AvgIpc) is 1.65. The van der Waals surface area contributed by atoms with Gasteiger partial charge in [0.05, 0.1) is 0 Å². The van der Waals surface area contributed by atoms with E-state index in [0.717, 1.165) is 0 Å². The first-order valence-corrected chi connectivity index (χ1v) is 3.47. The van der Waals surface area contributed by atoms with Crippen molar-refractivity contribution in [3.8, 4) is 0 Å². The van der Waals surface area contributed by atoms with E-state index in [0.29, 0.717) is 5.17 Å². The van der Waals surface area contributed by atoms with Crippen LogP contribution in [-0.4, -0.2) is 16.5 Å². The fourth-order valence-electron chi connectivity index (χ4n) is 0.154. The lowest BCUT2D eigenvalue weighted by molar-refractivity contribution is 1.59. The maximum Gasteiger partial charge on any atom is 0.192 e. The van der Waals surface area contributed by atoms with Gasteiger partial charge in [0.25, 0.3) is 0 Å². The minimum absolute atomic E-state index is 0.0804. The summed E-state index contributed by atoms with van der Waals surface area (Å²) in [4.78, 5) is 3.56. The van der Waals surface area contributed by atoms with Gasteiger partial charge in [-0.2, -0.15) is 4.99 Å². The molecule has 0 bridgehead atoms. The van der Waals surface area contributed by atoms with Crippen LogP contribution in [0.1, 0.15) is 0 Å². The second-order valence-corrected chi connectivity index (χ2v) is 2.24. The van der Waals surface area contributed by atoms with Gasteiger partial charge in [-0.05, 0) is 18.5 Å². The molecule has 46 valence electrons. The van der Waals surface area contributed by atoms with Gasteiger partial charge >= 0.3 is 0 Å². The van der Waals surface area contributed by atoms with E-state index in [1.807, 2.05) is 0 Å². The summed E-state index contributed by atoms with van der Waals surface area (Å²) in [6, 6.07) is 0. The van der Waals surface area contributed by atoms with Crippen molar-refractivity contribution >= 4 is 34.3 Å². The zero-order chi connectivity index (χ0) is 6.57. The molecule has 0 radical (unpaired) electrons. The molecular weight excluding hydrogens is 142 g/mol. The number of hydrogen-bond acceptors (Lipinski definition) is 2. The molecule has 0 aromatic heterocycles. The number of thioether (sulfide) groups is 1. The van der Waals surface area contributed by atoms with Crippen LogP contribution < -0.4 is 11.5 Å². The van der Waals surface area contributed by atoms with Crippen LogP contribution >= 0.6 is 24.0 Å². The van der Waals surface area contributed by atoms with E-state index >= 15 is 0 Å². The van der Waals surface area contributed by atoms with E-state index in [1.54, 1.807) is 6.26 Å². The first kappa shape index (κ1) is 7.71. The lowest BCUT2D eigenvalue weighted by atomic mass is 11.1. The van der Waals surface area contributed by atoms with Gasteiger partial charge in [-0.1, -0.05) is 11.8 Å². The third-order valence-corrected chi connectivity index (χ3v) is 1.03. The van der Waals surface area contributed by atoms with Crippen LogP contribution in [0.2, 0.25) is 0 Å². The SMILES string of the molecule is CSC(N)=NC(N)=S. The Morgan fingerprint density at radius 2 is 2.12 bits per heavy atom. The van der Waals surface area contributed by atoms with Gasteiger partial charge in [-0.15, -0.1) is 0 Å². The van der Waals surface area contributed by atoms with E-state index < -0.39 is 0 Å². The summed E-state index contributed by atoms with van der Waals surface area (Å²) in [6.45, 7) is 0. The largest absolute Gasteiger partial charge is 0.378 e. The Balaban J connectivity index is 3.75. The summed E-state index contributed by atoms with van der Waals surface area (Å²) in [7, 11) is 0. The predicted octanol–water partition coefficient (Wildman–Crippen LogP) is -0.0923. The Morgan fingerprint density at radius 3 is 2.25 bits per heavy atom. The summed E-state index contributed by atoms with van der Waals surface area (Å²) in [5, 5.41) is 0.481. The molecule has 0 saturated heterocycles. The Kier molecular flexibility index (Phi) is 3.55. The van der Waals surface area contributed by atoms with E-state index in [-0.39, 0.29) is 5.11 Å². The number of amidine groups is 1. The van der Waals surface area contributed by atoms with Crippen molar-refractivity contribution in [2.24, 2.45) is 16.5 Å². The van der Waals surface area contributed by atoms with E-state index in [1.165, 1.54) is 11.8 Å². The third kappa shape index (κ3) is 3.89. The van der Waals surface area contributed by atoms with Crippen LogP contribution in [0.15, 0.2) is 4.99 Å². The average molecular weight is 149 g/mol. The quantitative estimate of drug-likeness (QED) is 0.287. The third-order valence-electron chi connectivity index (χ3n) is 0.430. The molecule has 0 unspecified atom stereocenters. The summed E-state index contributed by atoms with van der Waals surface area (Å²) in [5.41, 5.74) is 10.2. The Bertz CT molecular complexity index is 120.